The molecular weight excluding hydrogens is 288 g/mol. The number of ether oxygens (including phenoxy) is 1. The maximum atomic E-state index is 12.0. The Morgan fingerprint density at radius 3 is 2.59 bits per heavy atom. The molecule has 0 saturated heterocycles. The van der Waals surface area contributed by atoms with E-state index in [1.54, 1.807) is 7.05 Å². The average Bonchev–Trinajstić information content (AvgIpc) is 2.85. The summed E-state index contributed by atoms with van der Waals surface area (Å²) >= 11 is 0. The standard InChI is InChI=1S/C14H16N4O4/c1-17-11(8-12(19)20)15-16-13(17)18(2)14(21)22-9-10-6-4-3-5-7-10/h3-7H,8-9H2,1-2H3,(H,19,20). The first-order chi connectivity index (χ1) is 10.5. The molecule has 1 N–H and O–H groups in total. The summed E-state index contributed by atoms with van der Waals surface area (Å²) in [6.07, 6.45) is -0.864. The van der Waals surface area contributed by atoms with Crippen LogP contribution in [-0.4, -0.2) is 39.0 Å². The highest BCUT2D eigenvalue weighted by Gasteiger charge is 2.20. The third kappa shape index (κ3) is 3.60. The van der Waals surface area contributed by atoms with Gasteiger partial charge in [-0.1, -0.05) is 30.3 Å². The van der Waals surface area contributed by atoms with Crippen molar-refractivity contribution in [3.05, 3.63) is 41.7 Å². The first-order valence-corrected chi connectivity index (χ1v) is 6.53. The first-order valence-electron chi connectivity index (χ1n) is 6.53. The summed E-state index contributed by atoms with van der Waals surface area (Å²) in [5.41, 5.74) is 0.869. The minimum absolute atomic E-state index is 0.143. The number of carbonyl (C=O) groups excluding carboxylic acids is 1. The predicted octanol–water partition coefficient (Wildman–Crippen LogP) is 1.22. The highest BCUT2D eigenvalue weighted by molar-refractivity contribution is 5.84. The third-order valence-electron chi connectivity index (χ3n) is 3.03. The molecule has 1 aromatic carbocycles. The van der Waals surface area contributed by atoms with Gasteiger partial charge in [-0.3, -0.25) is 9.36 Å². The van der Waals surface area contributed by atoms with Crippen molar-refractivity contribution in [2.45, 2.75) is 13.0 Å². The number of amides is 1. The van der Waals surface area contributed by atoms with Crippen LogP contribution in [0.4, 0.5) is 10.7 Å². The molecular formula is C14H16N4O4. The summed E-state index contributed by atoms with van der Waals surface area (Å²) in [4.78, 5) is 23.9. The van der Waals surface area contributed by atoms with Crippen molar-refractivity contribution in [3.8, 4) is 0 Å². The summed E-state index contributed by atoms with van der Waals surface area (Å²) in [5.74, 6) is -0.545. The molecule has 0 aliphatic heterocycles. The van der Waals surface area contributed by atoms with Gasteiger partial charge in [0.1, 0.15) is 18.9 Å². The lowest BCUT2D eigenvalue weighted by Gasteiger charge is -2.15. The molecule has 0 radical (unpaired) electrons. The van der Waals surface area contributed by atoms with Gasteiger partial charge in [-0.25, -0.2) is 9.69 Å². The second-order valence-corrected chi connectivity index (χ2v) is 4.64. The van der Waals surface area contributed by atoms with Crippen molar-refractivity contribution < 1.29 is 19.4 Å². The fourth-order valence-electron chi connectivity index (χ4n) is 1.83. The van der Waals surface area contributed by atoms with Crippen molar-refractivity contribution in [1.82, 2.24) is 14.8 Å². The molecule has 0 aliphatic carbocycles. The quantitative estimate of drug-likeness (QED) is 0.891. The minimum Gasteiger partial charge on any atom is -0.481 e. The number of hydrogen-bond acceptors (Lipinski definition) is 5. The van der Waals surface area contributed by atoms with Gasteiger partial charge in [-0.15, -0.1) is 10.2 Å². The van der Waals surface area contributed by atoms with E-state index in [0.717, 1.165) is 5.56 Å². The van der Waals surface area contributed by atoms with Gasteiger partial charge in [0.25, 0.3) is 0 Å². The smallest absolute Gasteiger partial charge is 0.416 e. The van der Waals surface area contributed by atoms with Crippen LogP contribution in [0.15, 0.2) is 30.3 Å². The number of benzene rings is 1. The van der Waals surface area contributed by atoms with E-state index in [1.807, 2.05) is 30.3 Å². The Morgan fingerprint density at radius 1 is 1.27 bits per heavy atom. The number of hydrogen-bond donors (Lipinski definition) is 1. The van der Waals surface area contributed by atoms with Gasteiger partial charge >= 0.3 is 12.1 Å². The van der Waals surface area contributed by atoms with Crippen LogP contribution in [0.1, 0.15) is 11.4 Å². The molecule has 8 heteroatoms. The number of carbonyl (C=O) groups is 2. The van der Waals surface area contributed by atoms with Crippen molar-refractivity contribution in [1.29, 1.82) is 0 Å². The van der Waals surface area contributed by atoms with E-state index in [2.05, 4.69) is 10.2 Å². The lowest BCUT2D eigenvalue weighted by atomic mass is 10.2. The Bertz CT molecular complexity index is 669. The molecule has 0 atom stereocenters. The molecule has 2 rings (SSSR count). The number of aliphatic carboxylic acids is 1. The minimum atomic E-state index is -1.02. The molecule has 0 unspecified atom stereocenters. The predicted molar refractivity (Wildman–Crippen MR) is 77.4 cm³/mol. The van der Waals surface area contributed by atoms with Crippen LogP contribution in [0.5, 0.6) is 0 Å². The van der Waals surface area contributed by atoms with Crippen molar-refractivity contribution in [2.75, 3.05) is 11.9 Å². The van der Waals surface area contributed by atoms with E-state index >= 15 is 0 Å². The maximum Gasteiger partial charge on any atom is 0.416 e. The Kier molecular flexibility index (Phi) is 4.72. The van der Waals surface area contributed by atoms with Crippen LogP contribution in [-0.2, 0) is 29.6 Å². The van der Waals surface area contributed by atoms with Crippen LogP contribution in [0, 0.1) is 0 Å². The molecule has 0 saturated carbocycles. The van der Waals surface area contributed by atoms with E-state index in [4.69, 9.17) is 9.84 Å². The monoisotopic (exact) mass is 304 g/mol. The van der Waals surface area contributed by atoms with Crippen LogP contribution in [0.25, 0.3) is 0 Å². The Hall–Kier alpha value is -2.90. The fourth-order valence-corrected chi connectivity index (χ4v) is 1.83. The van der Waals surface area contributed by atoms with E-state index in [-0.39, 0.29) is 24.8 Å². The zero-order chi connectivity index (χ0) is 16.1. The average molecular weight is 304 g/mol. The number of carboxylic acids is 1. The molecule has 1 heterocycles. The van der Waals surface area contributed by atoms with Gasteiger partial charge in [0.15, 0.2) is 0 Å². The third-order valence-corrected chi connectivity index (χ3v) is 3.03. The Morgan fingerprint density at radius 2 is 1.95 bits per heavy atom. The van der Waals surface area contributed by atoms with Crippen LogP contribution in [0.2, 0.25) is 0 Å². The van der Waals surface area contributed by atoms with Crippen molar-refractivity contribution >= 4 is 18.0 Å². The molecule has 0 spiro atoms. The number of nitrogens with zero attached hydrogens (tertiary/aromatic N) is 4. The van der Waals surface area contributed by atoms with E-state index in [9.17, 15) is 9.59 Å². The highest BCUT2D eigenvalue weighted by atomic mass is 16.6. The topological polar surface area (TPSA) is 97.6 Å². The highest BCUT2D eigenvalue weighted by Crippen LogP contribution is 2.12. The largest absolute Gasteiger partial charge is 0.481 e. The molecule has 0 bridgehead atoms. The SMILES string of the molecule is CN(C(=O)OCc1ccccc1)c1nnc(CC(=O)O)n1C. The van der Waals surface area contributed by atoms with Crippen molar-refractivity contribution in [2.24, 2.45) is 7.05 Å². The molecule has 116 valence electrons. The molecule has 1 aromatic heterocycles. The second-order valence-electron chi connectivity index (χ2n) is 4.64. The molecule has 0 fully saturated rings. The zero-order valence-corrected chi connectivity index (χ0v) is 12.3. The number of anilines is 1. The van der Waals surface area contributed by atoms with Crippen LogP contribution < -0.4 is 4.90 Å². The number of rotatable bonds is 5. The lowest BCUT2D eigenvalue weighted by Crippen LogP contribution is -2.29. The summed E-state index contributed by atoms with van der Waals surface area (Å²) in [5, 5.41) is 16.4. The van der Waals surface area contributed by atoms with Gasteiger partial charge in [-0.2, -0.15) is 0 Å². The second kappa shape index (κ2) is 6.70. The summed E-state index contributed by atoms with van der Waals surface area (Å²) in [6.45, 7) is 0.143. The van der Waals surface area contributed by atoms with Crippen molar-refractivity contribution in [3.63, 3.8) is 0 Å². The number of aromatic nitrogens is 3. The summed E-state index contributed by atoms with van der Waals surface area (Å²) in [6, 6.07) is 9.28. The van der Waals surface area contributed by atoms with Gasteiger partial charge in [0, 0.05) is 14.1 Å². The molecule has 22 heavy (non-hydrogen) atoms. The summed E-state index contributed by atoms with van der Waals surface area (Å²) in [7, 11) is 3.08. The lowest BCUT2D eigenvalue weighted by molar-refractivity contribution is -0.136. The van der Waals surface area contributed by atoms with E-state index in [0.29, 0.717) is 0 Å². The molecule has 2 aromatic rings. The molecule has 0 aliphatic rings. The zero-order valence-electron chi connectivity index (χ0n) is 12.3. The normalized spacial score (nSPS) is 10.3. The number of carboxylic acid groups (broad SMARTS) is 1. The maximum absolute atomic E-state index is 12.0. The van der Waals surface area contributed by atoms with Gasteiger partial charge in [-0.05, 0) is 5.56 Å². The molecule has 8 nitrogen and oxygen atoms in total. The fraction of sp³-hybridized carbons (Fsp3) is 0.286. The van der Waals surface area contributed by atoms with E-state index in [1.165, 1.54) is 16.5 Å². The molecule has 1 amide bonds. The van der Waals surface area contributed by atoms with Gasteiger partial charge in [0.2, 0.25) is 5.95 Å². The Labute approximate surface area is 126 Å². The Balaban J connectivity index is 2.01. The van der Waals surface area contributed by atoms with Gasteiger partial charge < -0.3 is 9.84 Å². The van der Waals surface area contributed by atoms with Crippen LogP contribution >= 0.6 is 0 Å². The van der Waals surface area contributed by atoms with Gasteiger partial charge in [0.05, 0.1) is 0 Å². The van der Waals surface area contributed by atoms with Crippen LogP contribution in [0.3, 0.4) is 0 Å². The van der Waals surface area contributed by atoms with E-state index < -0.39 is 12.1 Å². The summed E-state index contributed by atoms with van der Waals surface area (Å²) < 4.78 is 6.62. The first kappa shape index (κ1) is 15.5.